The molecule has 0 spiro atoms. The van der Waals surface area contributed by atoms with Crippen molar-refractivity contribution in [2.45, 2.75) is 33.1 Å². The fourth-order valence-electron chi connectivity index (χ4n) is 3.31. The second-order valence-electron chi connectivity index (χ2n) is 7.32. The van der Waals surface area contributed by atoms with Crippen LogP contribution in [-0.4, -0.2) is 35.7 Å². The highest BCUT2D eigenvalue weighted by atomic mass is 32.2. The molecular weight excluding hydrogens is 396 g/mol. The molecule has 1 heterocycles. The molecular formula is C24H28N2O3S. The number of aliphatic hydroxyl groups excluding tert-OH is 1. The Bertz CT molecular complexity index is 931. The van der Waals surface area contributed by atoms with Crippen molar-refractivity contribution in [3.63, 3.8) is 0 Å². The summed E-state index contributed by atoms with van der Waals surface area (Å²) in [7, 11) is 1.63. The number of ether oxygens (including phenoxy) is 1. The Balaban J connectivity index is 1.88. The molecule has 1 N–H and O–H groups in total. The molecule has 0 aliphatic carbocycles. The number of unbranched alkanes of at least 4 members (excludes halogenated alkanes) is 2. The van der Waals surface area contributed by atoms with Crippen molar-refractivity contribution in [3.8, 4) is 5.75 Å². The summed E-state index contributed by atoms with van der Waals surface area (Å²) in [5, 5.41) is 9.67. The number of carbonyl (C=O) groups is 1. The van der Waals surface area contributed by atoms with E-state index in [0.717, 1.165) is 53.1 Å². The summed E-state index contributed by atoms with van der Waals surface area (Å²) in [6, 6.07) is 13.7. The lowest BCUT2D eigenvalue weighted by Gasteiger charge is -2.19. The molecule has 2 aromatic carbocycles. The number of thioether (sulfide) groups is 1. The smallest absolute Gasteiger partial charge is 0.283 e. The Labute approximate surface area is 182 Å². The monoisotopic (exact) mass is 424 g/mol. The first-order valence-corrected chi connectivity index (χ1v) is 11.1. The number of nitrogens with zero attached hydrogens (tertiary/aromatic N) is 2. The van der Waals surface area contributed by atoms with E-state index in [1.54, 1.807) is 23.8 Å². The molecule has 0 unspecified atom stereocenters. The summed E-state index contributed by atoms with van der Waals surface area (Å²) >= 11 is 1.59. The summed E-state index contributed by atoms with van der Waals surface area (Å²) in [5.41, 5.74) is 4.39. The largest absolute Gasteiger partial charge is 0.497 e. The van der Waals surface area contributed by atoms with Crippen LogP contribution in [0.5, 0.6) is 5.75 Å². The van der Waals surface area contributed by atoms with Crippen LogP contribution in [0.1, 0.15) is 36.0 Å². The van der Waals surface area contributed by atoms with Gasteiger partial charge >= 0.3 is 0 Å². The van der Waals surface area contributed by atoms with Gasteiger partial charge in [-0.1, -0.05) is 36.4 Å². The number of aliphatic hydroxyl groups is 1. The molecule has 6 heteroatoms. The highest BCUT2D eigenvalue weighted by Gasteiger charge is 2.32. The van der Waals surface area contributed by atoms with E-state index in [4.69, 9.17) is 9.84 Å². The summed E-state index contributed by atoms with van der Waals surface area (Å²) in [6.45, 7) is 4.28. The van der Waals surface area contributed by atoms with Gasteiger partial charge in [0.2, 0.25) is 0 Å². The van der Waals surface area contributed by atoms with Gasteiger partial charge in [0, 0.05) is 12.4 Å². The summed E-state index contributed by atoms with van der Waals surface area (Å²) in [6.07, 6.45) is 4.55. The summed E-state index contributed by atoms with van der Waals surface area (Å²) in [4.78, 5) is 19.7. The van der Waals surface area contributed by atoms with Crippen LogP contribution in [0, 0.1) is 13.8 Å². The second-order valence-corrected chi connectivity index (χ2v) is 8.38. The molecule has 0 saturated heterocycles. The summed E-state index contributed by atoms with van der Waals surface area (Å²) < 4.78 is 5.20. The van der Waals surface area contributed by atoms with Gasteiger partial charge in [-0.2, -0.15) is 0 Å². The van der Waals surface area contributed by atoms with Crippen molar-refractivity contribution in [2.75, 3.05) is 24.4 Å². The highest BCUT2D eigenvalue weighted by molar-refractivity contribution is 8.14. The molecule has 158 valence electrons. The van der Waals surface area contributed by atoms with Gasteiger partial charge in [-0.25, -0.2) is 4.99 Å². The first-order chi connectivity index (χ1) is 14.5. The Morgan fingerprint density at radius 1 is 1.07 bits per heavy atom. The number of hydrogen-bond donors (Lipinski definition) is 1. The number of amides is 1. The lowest BCUT2D eigenvalue weighted by atomic mass is 10.1. The maximum Gasteiger partial charge on any atom is 0.283 e. The van der Waals surface area contributed by atoms with Crippen LogP contribution >= 0.6 is 11.8 Å². The number of rotatable bonds is 8. The average molecular weight is 425 g/mol. The maximum atomic E-state index is 13.3. The van der Waals surface area contributed by atoms with E-state index in [1.165, 1.54) is 0 Å². The van der Waals surface area contributed by atoms with Gasteiger partial charge in [0.1, 0.15) is 11.4 Å². The van der Waals surface area contributed by atoms with Crippen LogP contribution in [0.15, 0.2) is 53.2 Å². The molecule has 0 bridgehead atoms. The Morgan fingerprint density at radius 2 is 1.77 bits per heavy atom. The number of anilines is 1. The molecule has 1 aliphatic rings. The standard InChI is InChI=1S/C24H28N2O3S/c1-17-13-18(2)15-20(14-17)26-23(28)22(16-19-7-9-21(29-3)10-8-19)25-24(26)30-12-6-4-5-11-27/h7-10,13-16,27H,4-6,11-12H2,1-3H3. The van der Waals surface area contributed by atoms with Gasteiger partial charge in [-0.05, 0) is 73.7 Å². The molecule has 0 saturated carbocycles. The topological polar surface area (TPSA) is 62.1 Å². The molecule has 0 fully saturated rings. The Morgan fingerprint density at radius 3 is 2.40 bits per heavy atom. The lowest BCUT2D eigenvalue weighted by Crippen LogP contribution is -2.30. The Kier molecular flexibility index (Phi) is 7.71. The van der Waals surface area contributed by atoms with Crippen molar-refractivity contribution in [1.82, 2.24) is 0 Å². The van der Waals surface area contributed by atoms with E-state index in [9.17, 15) is 4.79 Å². The number of benzene rings is 2. The molecule has 1 amide bonds. The molecule has 5 nitrogen and oxygen atoms in total. The normalized spacial score (nSPS) is 15.1. The fourth-order valence-corrected chi connectivity index (χ4v) is 4.32. The minimum atomic E-state index is -0.117. The van der Waals surface area contributed by atoms with Crippen LogP contribution in [-0.2, 0) is 4.79 Å². The zero-order valence-electron chi connectivity index (χ0n) is 17.7. The highest BCUT2D eigenvalue weighted by Crippen LogP contribution is 2.31. The first kappa shape index (κ1) is 22.1. The van der Waals surface area contributed by atoms with Crippen LogP contribution in [0.3, 0.4) is 0 Å². The fraction of sp³-hybridized carbons (Fsp3) is 0.333. The van der Waals surface area contributed by atoms with Crippen LogP contribution < -0.4 is 9.64 Å². The quantitative estimate of drug-likeness (QED) is 0.481. The predicted octanol–water partition coefficient (Wildman–Crippen LogP) is 4.95. The molecule has 3 rings (SSSR count). The van der Waals surface area contributed by atoms with Crippen molar-refractivity contribution in [1.29, 1.82) is 0 Å². The zero-order valence-corrected chi connectivity index (χ0v) is 18.5. The SMILES string of the molecule is COc1ccc(C=C2N=C(SCCCCCO)N(c3cc(C)cc(C)c3)C2=O)cc1. The van der Waals surface area contributed by atoms with Crippen molar-refractivity contribution < 1.29 is 14.6 Å². The number of carbonyl (C=O) groups excluding carboxylic acids is 1. The average Bonchev–Trinajstić information content (AvgIpc) is 3.03. The molecule has 1 aliphatic heterocycles. The van der Waals surface area contributed by atoms with Gasteiger partial charge in [0.05, 0.1) is 12.8 Å². The van der Waals surface area contributed by atoms with E-state index >= 15 is 0 Å². The van der Waals surface area contributed by atoms with E-state index in [-0.39, 0.29) is 12.5 Å². The van der Waals surface area contributed by atoms with Crippen LogP contribution in [0.4, 0.5) is 5.69 Å². The summed E-state index contributed by atoms with van der Waals surface area (Å²) in [5.74, 6) is 1.51. The maximum absolute atomic E-state index is 13.3. The van der Waals surface area contributed by atoms with Gasteiger partial charge in [-0.3, -0.25) is 9.69 Å². The molecule has 30 heavy (non-hydrogen) atoms. The predicted molar refractivity (Wildman–Crippen MR) is 125 cm³/mol. The van der Waals surface area contributed by atoms with Gasteiger partial charge < -0.3 is 9.84 Å². The third-order valence-electron chi connectivity index (χ3n) is 4.75. The third kappa shape index (κ3) is 5.52. The number of methoxy groups -OCH3 is 1. The van der Waals surface area contributed by atoms with Gasteiger partial charge in [0.25, 0.3) is 5.91 Å². The third-order valence-corrected chi connectivity index (χ3v) is 5.77. The molecule has 0 aromatic heterocycles. The second kappa shape index (κ2) is 10.5. The Hall–Kier alpha value is -2.57. The number of aliphatic imine (C=N–C) groups is 1. The van der Waals surface area contributed by atoms with E-state index in [0.29, 0.717) is 10.9 Å². The molecule has 2 aromatic rings. The zero-order chi connectivity index (χ0) is 21.5. The minimum absolute atomic E-state index is 0.117. The molecule has 0 radical (unpaired) electrons. The van der Waals surface area contributed by atoms with Crippen molar-refractivity contribution in [3.05, 3.63) is 64.9 Å². The number of amidine groups is 1. The van der Waals surface area contributed by atoms with Crippen LogP contribution in [0.25, 0.3) is 6.08 Å². The van der Waals surface area contributed by atoms with E-state index in [2.05, 4.69) is 11.1 Å². The molecule has 0 atom stereocenters. The van der Waals surface area contributed by atoms with Crippen molar-refractivity contribution in [2.24, 2.45) is 4.99 Å². The van der Waals surface area contributed by atoms with E-state index < -0.39 is 0 Å². The van der Waals surface area contributed by atoms with Gasteiger partial charge in [-0.15, -0.1) is 0 Å². The number of aryl methyl sites for hydroxylation is 2. The minimum Gasteiger partial charge on any atom is -0.497 e. The van der Waals surface area contributed by atoms with Crippen molar-refractivity contribution >= 4 is 34.6 Å². The van der Waals surface area contributed by atoms with Crippen LogP contribution in [0.2, 0.25) is 0 Å². The number of hydrogen-bond acceptors (Lipinski definition) is 5. The lowest BCUT2D eigenvalue weighted by molar-refractivity contribution is -0.113. The van der Waals surface area contributed by atoms with E-state index in [1.807, 2.05) is 56.3 Å². The first-order valence-electron chi connectivity index (χ1n) is 10.1. The van der Waals surface area contributed by atoms with Gasteiger partial charge in [0.15, 0.2) is 5.17 Å².